The molecule has 0 saturated carbocycles. The molecule has 1 aliphatic heterocycles. The van der Waals surface area contributed by atoms with Gasteiger partial charge in [-0.3, -0.25) is 0 Å². The van der Waals surface area contributed by atoms with Crippen molar-refractivity contribution >= 4 is 15.9 Å². The molecule has 0 aromatic rings. The predicted octanol–water partition coefficient (Wildman–Crippen LogP) is 1.60. The van der Waals surface area contributed by atoms with E-state index < -0.39 is 0 Å². The van der Waals surface area contributed by atoms with Crippen LogP contribution in [0.2, 0.25) is 0 Å². The molecule has 1 nitrogen and oxygen atoms in total. The zero-order valence-corrected chi connectivity index (χ0v) is 6.61. The summed E-state index contributed by atoms with van der Waals surface area (Å²) in [5.41, 5.74) is 0. The lowest BCUT2D eigenvalue weighted by atomic mass is 10.3. The monoisotopic (exact) mass is 175 g/mol. The fraction of sp³-hybridized carbons (Fsp3) is 0.667. The van der Waals surface area contributed by atoms with Gasteiger partial charge in [-0.1, -0.05) is 22.0 Å². The molecule has 0 fully saturated rings. The Morgan fingerprint density at radius 2 is 2.50 bits per heavy atom. The second-order valence-corrected chi connectivity index (χ2v) is 3.18. The highest BCUT2D eigenvalue weighted by atomic mass is 79.9. The Hall–Kier alpha value is 0.180. The molecule has 0 saturated heterocycles. The van der Waals surface area contributed by atoms with Crippen molar-refractivity contribution in [2.75, 3.05) is 20.1 Å². The Labute approximate surface area is 58.5 Å². The molecule has 0 unspecified atom stereocenters. The lowest BCUT2D eigenvalue weighted by Crippen LogP contribution is -2.22. The molecule has 2 heteroatoms. The maximum atomic E-state index is 3.45. The Morgan fingerprint density at radius 3 is 2.88 bits per heavy atom. The van der Waals surface area contributed by atoms with Crippen molar-refractivity contribution in [3.05, 3.63) is 10.6 Å². The molecular formula is C6H10BrN. The zero-order chi connectivity index (χ0) is 5.98. The molecule has 0 spiro atoms. The van der Waals surface area contributed by atoms with Gasteiger partial charge >= 0.3 is 0 Å². The van der Waals surface area contributed by atoms with Crippen LogP contribution in [-0.2, 0) is 0 Å². The fourth-order valence-corrected chi connectivity index (χ4v) is 1.07. The molecule has 1 heterocycles. The van der Waals surface area contributed by atoms with Gasteiger partial charge in [0.05, 0.1) is 0 Å². The SMILES string of the molecule is CN1CC=C(Br)CC1. The van der Waals surface area contributed by atoms with E-state index in [1.165, 1.54) is 17.4 Å². The third-order valence-corrected chi connectivity index (χ3v) is 2.08. The first kappa shape index (κ1) is 6.30. The lowest BCUT2D eigenvalue weighted by molar-refractivity contribution is 0.364. The molecule has 0 aromatic heterocycles. The summed E-state index contributed by atoms with van der Waals surface area (Å²) in [5, 5.41) is 0. The maximum Gasteiger partial charge on any atom is 0.0171 e. The molecule has 0 aliphatic carbocycles. The van der Waals surface area contributed by atoms with Gasteiger partial charge in [-0.15, -0.1) is 0 Å². The highest BCUT2D eigenvalue weighted by Crippen LogP contribution is 2.14. The van der Waals surface area contributed by atoms with Gasteiger partial charge in [0.1, 0.15) is 0 Å². The van der Waals surface area contributed by atoms with Crippen LogP contribution in [-0.4, -0.2) is 25.0 Å². The van der Waals surface area contributed by atoms with E-state index in [0.717, 1.165) is 6.54 Å². The van der Waals surface area contributed by atoms with Crippen LogP contribution in [0.3, 0.4) is 0 Å². The van der Waals surface area contributed by atoms with E-state index in [4.69, 9.17) is 0 Å². The number of nitrogens with zero attached hydrogens (tertiary/aromatic N) is 1. The summed E-state index contributed by atoms with van der Waals surface area (Å²) in [6, 6.07) is 0. The molecule has 0 amide bonds. The summed E-state index contributed by atoms with van der Waals surface area (Å²) in [5.74, 6) is 0. The van der Waals surface area contributed by atoms with Gasteiger partial charge in [-0.05, 0) is 18.0 Å². The Bertz CT molecular complexity index is 109. The second-order valence-electron chi connectivity index (χ2n) is 2.16. The summed E-state index contributed by atoms with van der Waals surface area (Å²) in [4.78, 5) is 2.30. The van der Waals surface area contributed by atoms with Gasteiger partial charge in [0, 0.05) is 13.1 Å². The van der Waals surface area contributed by atoms with E-state index in [1.807, 2.05) is 0 Å². The highest BCUT2D eigenvalue weighted by Gasteiger charge is 2.02. The van der Waals surface area contributed by atoms with Gasteiger partial charge in [0.2, 0.25) is 0 Å². The van der Waals surface area contributed by atoms with Crippen LogP contribution >= 0.6 is 15.9 Å². The fourth-order valence-electron chi connectivity index (χ4n) is 0.746. The van der Waals surface area contributed by atoms with E-state index >= 15 is 0 Å². The highest BCUT2D eigenvalue weighted by molar-refractivity contribution is 9.11. The van der Waals surface area contributed by atoms with Crippen LogP contribution in [0.1, 0.15) is 6.42 Å². The van der Waals surface area contributed by atoms with Crippen LogP contribution in [0.4, 0.5) is 0 Å². The number of halogens is 1. The summed E-state index contributed by atoms with van der Waals surface area (Å²) in [7, 11) is 2.13. The number of hydrogen-bond acceptors (Lipinski definition) is 1. The van der Waals surface area contributed by atoms with Crippen LogP contribution in [0.5, 0.6) is 0 Å². The lowest BCUT2D eigenvalue weighted by Gasteiger charge is -2.18. The molecule has 46 valence electrons. The molecule has 0 atom stereocenters. The van der Waals surface area contributed by atoms with Crippen molar-refractivity contribution in [1.82, 2.24) is 4.90 Å². The van der Waals surface area contributed by atoms with Gasteiger partial charge < -0.3 is 4.90 Å². The smallest absolute Gasteiger partial charge is 0.0171 e. The Morgan fingerprint density at radius 1 is 1.75 bits per heavy atom. The average Bonchev–Trinajstić information content (AvgIpc) is 1.77. The normalized spacial score (nSPS) is 23.0. The van der Waals surface area contributed by atoms with Gasteiger partial charge in [-0.25, -0.2) is 0 Å². The number of hydrogen-bond donors (Lipinski definition) is 0. The molecule has 0 radical (unpaired) electrons. The molecule has 0 aromatic carbocycles. The molecule has 8 heavy (non-hydrogen) atoms. The minimum absolute atomic E-state index is 1.10. The zero-order valence-electron chi connectivity index (χ0n) is 5.02. The first-order valence-corrected chi connectivity index (χ1v) is 3.61. The Kier molecular flexibility index (Phi) is 2.08. The average molecular weight is 176 g/mol. The predicted molar refractivity (Wildman–Crippen MR) is 39.1 cm³/mol. The first-order chi connectivity index (χ1) is 3.79. The van der Waals surface area contributed by atoms with Crippen LogP contribution in [0, 0.1) is 0 Å². The van der Waals surface area contributed by atoms with E-state index in [1.54, 1.807) is 0 Å². The molecule has 1 rings (SSSR count). The number of likely N-dealkylation sites (N-methyl/N-ethyl adjacent to an activating group) is 1. The molecule has 0 N–H and O–H groups in total. The van der Waals surface area contributed by atoms with Crippen LogP contribution in [0.15, 0.2) is 10.6 Å². The quantitative estimate of drug-likeness (QED) is 0.541. The first-order valence-electron chi connectivity index (χ1n) is 2.82. The van der Waals surface area contributed by atoms with Crippen molar-refractivity contribution in [3.8, 4) is 0 Å². The van der Waals surface area contributed by atoms with E-state index in [2.05, 4.69) is 34.0 Å². The van der Waals surface area contributed by atoms with Crippen molar-refractivity contribution in [2.45, 2.75) is 6.42 Å². The van der Waals surface area contributed by atoms with Gasteiger partial charge in [0.25, 0.3) is 0 Å². The van der Waals surface area contributed by atoms with Crippen molar-refractivity contribution < 1.29 is 0 Å². The van der Waals surface area contributed by atoms with Crippen molar-refractivity contribution in [1.29, 1.82) is 0 Å². The third-order valence-electron chi connectivity index (χ3n) is 1.36. The third kappa shape index (κ3) is 1.60. The summed E-state index contributed by atoms with van der Waals surface area (Å²) in [6.45, 7) is 2.29. The maximum absolute atomic E-state index is 3.45. The molecule has 1 aliphatic rings. The minimum atomic E-state index is 1.10. The van der Waals surface area contributed by atoms with E-state index in [9.17, 15) is 0 Å². The Balaban J connectivity index is 2.42. The summed E-state index contributed by atoms with van der Waals surface area (Å²) in [6.07, 6.45) is 3.39. The second kappa shape index (κ2) is 2.65. The van der Waals surface area contributed by atoms with Crippen LogP contribution in [0.25, 0.3) is 0 Å². The summed E-state index contributed by atoms with van der Waals surface area (Å²) >= 11 is 3.45. The van der Waals surface area contributed by atoms with Gasteiger partial charge in [0.15, 0.2) is 0 Å². The molecular weight excluding hydrogens is 166 g/mol. The van der Waals surface area contributed by atoms with Crippen LogP contribution < -0.4 is 0 Å². The van der Waals surface area contributed by atoms with Crippen molar-refractivity contribution in [3.63, 3.8) is 0 Å². The summed E-state index contributed by atoms with van der Waals surface area (Å²) < 4.78 is 1.36. The van der Waals surface area contributed by atoms with Gasteiger partial charge in [-0.2, -0.15) is 0 Å². The largest absolute Gasteiger partial charge is 0.302 e. The minimum Gasteiger partial charge on any atom is -0.302 e. The molecule has 0 bridgehead atoms. The topological polar surface area (TPSA) is 3.24 Å². The number of rotatable bonds is 0. The van der Waals surface area contributed by atoms with E-state index in [0.29, 0.717) is 0 Å². The standard InChI is InChI=1S/C6H10BrN/c1-8-4-2-6(7)3-5-8/h2H,3-5H2,1H3. The van der Waals surface area contributed by atoms with Crippen molar-refractivity contribution in [2.24, 2.45) is 0 Å². The van der Waals surface area contributed by atoms with E-state index in [-0.39, 0.29) is 0 Å².